The maximum absolute atomic E-state index is 13.7. The third-order valence-electron chi connectivity index (χ3n) is 8.59. The highest BCUT2D eigenvalue weighted by Crippen LogP contribution is 2.42. The van der Waals surface area contributed by atoms with Crippen LogP contribution in [0.25, 0.3) is 0 Å². The van der Waals surface area contributed by atoms with Crippen molar-refractivity contribution in [3.8, 4) is 0 Å². The molecular formula is C28H42FNO2. The van der Waals surface area contributed by atoms with E-state index in [-0.39, 0.29) is 18.2 Å². The Balaban J connectivity index is 1.55. The summed E-state index contributed by atoms with van der Waals surface area (Å²) in [5.41, 5.74) is 1.20. The lowest BCUT2D eigenvalue weighted by molar-refractivity contribution is -0.138. The van der Waals surface area contributed by atoms with Crippen molar-refractivity contribution in [3.05, 3.63) is 35.6 Å². The first-order valence-corrected chi connectivity index (χ1v) is 13.3. The van der Waals surface area contributed by atoms with E-state index in [2.05, 4.69) is 4.90 Å². The van der Waals surface area contributed by atoms with E-state index in [1.54, 1.807) is 12.1 Å². The van der Waals surface area contributed by atoms with Crippen LogP contribution in [0.3, 0.4) is 0 Å². The van der Waals surface area contributed by atoms with Crippen LogP contribution in [0.1, 0.15) is 101 Å². The van der Waals surface area contributed by atoms with Crippen molar-refractivity contribution in [3.63, 3.8) is 0 Å². The zero-order chi connectivity index (χ0) is 22.3. The average molecular weight is 444 g/mol. The summed E-state index contributed by atoms with van der Waals surface area (Å²) in [5.74, 6) is 1.26. The van der Waals surface area contributed by atoms with E-state index in [0.717, 1.165) is 31.1 Å². The number of hydrogen-bond acceptors (Lipinski definition) is 2. The topological polar surface area (TPSA) is 40.5 Å². The lowest BCUT2D eigenvalue weighted by Gasteiger charge is -2.45. The van der Waals surface area contributed by atoms with Crippen LogP contribution < -0.4 is 0 Å². The fourth-order valence-corrected chi connectivity index (χ4v) is 6.93. The van der Waals surface area contributed by atoms with E-state index in [9.17, 15) is 14.3 Å². The van der Waals surface area contributed by atoms with Crippen molar-refractivity contribution < 1.29 is 14.3 Å². The number of carboxylic acid groups (broad SMARTS) is 1. The fraction of sp³-hybridized carbons (Fsp3) is 0.750. The van der Waals surface area contributed by atoms with E-state index in [4.69, 9.17) is 0 Å². The van der Waals surface area contributed by atoms with Gasteiger partial charge in [0.05, 0.1) is 0 Å². The normalized spacial score (nSPS) is 28.1. The molecule has 1 aromatic carbocycles. The number of halogens is 1. The smallest absolute Gasteiger partial charge is 0.303 e. The van der Waals surface area contributed by atoms with Gasteiger partial charge in [0.15, 0.2) is 0 Å². The highest BCUT2D eigenvalue weighted by atomic mass is 19.1. The lowest BCUT2D eigenvalue weighted by atomic mass is 9.72. The number of benzene rings is 1. The van der Waals surface area contributed by atoms with Gasteiger partial charge in [0, 0.05) is 25.6 Å². The molecule has 0 spiro atoms. The summed E-state index contributed by atoms with van der Waals surface area (Å²) in [6.45, 7) is 2.39. The minimum atomic E-state index is -0.687. The summed E-state index contributed by atoms with van der Waals surface area (Å²) in [6, 6.07) is 7.53. The monoisotopic (exact) mass is 443 g/mol. The first-order chi connectivity index (χ1) is 15.6. The Morgan fingerprint density at radius 1 is 0.812 bits per heavy atom. The Hall–Kier alpha value is -1.42. The Labute approximate surface area is 193 Å². The van der Waals surface area contributed by atoms with E-state index in [1.807, 2.05) is 12.1 Å². The molecule has 0 saturated heterocycles. The molecule has 0 aromatic heterocycles. The molecule has 0 amide bonds. The maximum Gasteiger partial charge on any atom is 0.303 e. The van der Waals surface area contributed by atoms with E-state index < -0.39 is 5.97 Å². The van der Waals surface area contributed by atoms with Crippen molar-refractivity contribution in [2.45, 2.75) is 102 Å². The van der Waals surface area contributed by atoms with Crippen LogP contribution in [0.2, 0.25) is 0 Å². The van der Waals surface area contributed by atoms with Crippen LogP contribution in [0.15, 0.2) is 24.3 Å². The number of nitrogens with zero attached hydrogens (tertiary/aromatic N) is 1. The zero-order valence-electron chi connectivity index (χ0n) is 19.7. The molecule has 4 rings (SSSR count). The molecule has 0 radical (unpaired) electrons. The van der Waals surface area contributed by atoms with Crippen LogP contribution >= 0.6 is 0 Å². The van der Waals surface area contributed by atoms with Crippen molar-refractivity contribution >= 4 is 5.97 Å². The van der Waals surface area contributed by atoms with E-state index in [1.165, 1.54) is 82.9 Å². The van der Waals surface area contributed by atoms with Crippen LogP contribution in [0.4, 0.5) is 4.39 Å². The van der Waals surface area contributed by atoms with Crippen molar-refractivity contribution in [2.24, 2.45) is 17.8 Å². The second-order valence-electron chi connectivity index (χ2n) is 11.0. The maximum atomic E-state index is 13.7. The molecule has 3 aliphatic rings. The molecule has 0 unspecified atom stereocenters. The molecule has 3 atom stereocenters. The molecule has 32 heavy (non-hydrogen) atoms. The minimum absolute atomic E-state index is 0.190. The Kier molecular flexibility index (Phi) is 8.62. The van der Waals surface area contributed by atoms with Gasteiger partial charge in [-0.25, -0.2) is 4.39 Å². The third-order valence-corrected chi connectivity index (χ3v) is 8.59. The minimum Gasteiger partial charge on any atom is -0.481 e. The Morgan fingerprint density at radius 3 is 1.91 bits per heavy atom. The molecule has 1 aromatic rings. The summed E-state index contributed by atoms with van der Waals surface area (Å²) in [5, 5.41) is 9.41. The summed E-state index contributed by atoms with van der Waals surface area (Å²) >= 11 is 0. The average Bonchev–Trinajstić information content (AvgIpc) is 2.80. The molecule has 0 heterocycles. The molecule has 3 saturated carbocycles. The van der Waals surface area contributed by atoms with Crippen molar-refractivity contribution in [1.82, 2.24) is 4.90 Å². The Bertz CT molecular complexity index is 689. The summed E-state index contributed by atoms with van der Waals surface area (Å²) in [6.07, 6.45) is 16.9. The van der Waals surface area contributed by atoms with Crippen molar-refractivity contribution in [2.75, 3.05) is 13.1 Å². The number of rotatable bonds is 8. The second-order valence-corrected chi connectivity index (χ2v) is 11.0. The molecule has 0 bridgehead atoms. The van der Waals surface area contributed by atoms with Crippen molar-refractivity contribution in [1.29, 1.82) is 0 Å². The van der Waals surface area contributed by atoms with Gasteiger partial charge in [0.1, 0.15) is 5.82 Å². The number of carbonyl (C=O) groups is 1. The lowest BCUT2D eigenvalue weighted by Crippen LogP contribution is -2.47. The Morgan fingerprint density at radius 2 is 1.38 bits per heavy atom. The van der Waals surface area contributed by atoms with Crippen LogP contribution in [-0.4, -0.2) is 35.1 Å². The van der Waals surface area contributed by atoms with E-state index in [0.29, 0.717) is 12.0 Å². The second kappa shape index (κ2) is 11.6. The predicted molar refractivity (Wildman–Crippen MR) is 127 cm³/mol. The van der Waals surface area contributed by atoms with Gasteiger partial charge < -0.3 is 5.11 Å². The quantitative estimate of drug-likeness (QED) is 0.469. The highest BCUT2D eigenvalue weighted by molar-refractivity contribution is 5.67. The summed E-state index contributed by atoms with van der Waals surface area (Å²) in [4.78, 5) is 14.3. The van der Waals surface area contributed by atoms with Gasteiger partial charge in [-0.2, -0.15) is 0 Å². The van der Waals surface area contributed by atoms with Crippen LogP contribution in [-0.2, 0) is 4.79 Å². The molecule has 1 N–H and O–H groups in total. The molecule has 3 aliphatic carbocycles. The fourth-order valence-electron chi connectivity index (χ4n) is 6.93. The van der Waals surface area contributed by atoms with Gasteiger partial charge in [0.25, 0.3) is 0 Å². The van der Waals surface area contributed by atoms with Gasteiger partial charge >= 0.3 is 5.97 Å². The summed E-state index contributed by atoms with van der Waals surface area (Å²) in [7, 11) is 0. The SMILES string of the molecule is O=C(O)C[C@@H]1CC[C@@H](N(CC2CCCCC2)CC2CCCCC2)[C@H](c2ccc(F)cc2)C1. The van der Waals surface area contributed by atoms with Crippen LogP contribution in [0, 0.1) is 23.6 Å². The number of aliphatic carboxylic acids is 1. The van der Waals surface area contributed by atoms with Gasteiger partial charge in [-0.15, -0.1) is 0 Å². The predicted octanol–water partition coefficient (Wildman–Crippen LogP) is 7.02. The number of hydrogen-bond donors (Lipinski definition) is 1. The summed E-state index contributed by atoms with van der Waals surface area (Å²) < 4.78 is 13.7. The molecule has 0 aliphatic heterocycles. The largest absolute Gasteiger partial charge is 0.481 e. The molecule has 4 heteroatoms. The third kappa shape index (κ3) is 6.56. The van der Waals surface area contributed by atoms with Gasteiger partial charge in [-0.1, -0.05) is 50.7 Å². The number of carboxylic acids is 1. The van der Waals surface area contributed by atoms with Gasteiger partial charge in [-0.05, 0) is 86.3 Å². The van der Waals surface area contributed by atoms with Gasteiger partial charge in [-0.3, -0.25) is 9.69 Å². The highest BCUT2D eigenvalue weighted by Gasteiger charge is 2.37. The molecule has 178 valence electrons. The molecular weight excluding hydrogens is 401 g/mol. The first-order valence-electron chi connectivity index (χ1n) is 13.3. The standard InChI is InChI=1S/C28H42FNO2/c29-25-14-12-24(13-15-25)26-17-23(18-28(31)32)11-16-27(26)30(19-21-7-3-1-4-8-21)20-22-9-5-2-6-10-22/h12-15,21-23,26-27H,1-11,16-20H2,(H,31,32)/t23-,26+,27-/m1/s1. The molecule has 3 nitrogen and oxygen atoms in total. The van der Waals surface area contributed by atoms with Crippen LogP contribution in [0.5, 0.6) is 0 Å². The van der Waals surface area contributed by atoms with Gasteiger partial charge in [0.2, 0.25) is 0 Å². The molecule has 3 fully saturated rings. The zero-order valence-corrected chi connectivity index (χ0v) is 19.7. The van der Waals surface area contributed by atoms with E-state index >= 15 is 0 Å². The first kappa shape index (κ1) is 23.7.